The summed E-state index contributed by atoms with van der Waals surface area (Å²) in [7, 11) is 0. The van der Waals surface area contributed by atoms with E-state index >= 15 is 0 Å². The van der Waals surface area contributed by atoms with Crippen LogP contribution in [0.2, 0.25) is 0 Å². The van der Waals surface area contributed by atoms with Crippen molar-refractivity contribution in [2.24, 2.45) is 0 Å². The van der Waals surface area contributed by atoms with E-state index in [0.717, 1.165) is 50.0 Å². The van der Waals surface area contributed by atoms with Crippen LogP contribution >= 0.6 is 11.3 Å². The van der Waals surface area contributed by atoms with Crippen molar-refractivity contribution in [1.29, 1.82) is 0 Å². The Morgan fingerprint density at radius 1 is 0.136 bits per heavy atom. The van der Waals surface area contributed by atoms with Gasteiger partial charge in [0.2, 0.25) is 0 Å². The fourth-order valence-electron chi connectivity index (χ4n) is 22.4. The highest BCUT2D eigenvalue weighted by molar-refractivity contribution is 7.25. The Balaban J connectivity index is 0.000000103. The van der Waals surface area contributed by atoms with Gasteiger partial charge in [-0.3, -0.25) is 0 Å². The van der Waals surface area contributed by atoms with E-state index in [0.29, 0.717) is 0 Å². The Morgan fingerprint density at radius 2 is 0.421 bits per heavy atom. The van der Waals surface area contributed by atoms with Gasteiger partial charge in [-0.1, -0.05) is 309 Å². The van der Waals surface area contributed by atoms with Gasteiger partial charge >= 0.3 is 0 Å². The molecule has 8 heteroatoms. The fraction of sp³-hybridized carbons (Fsp3) is 0. The zero-order valence-electron chi connectivity index (χ0n) is 76.0. The van der Waals surface area contributed by atoms with E-state index in [4.69, 9.17) is 4.42 Å². The molecular weight excluding hydrogens is 1720 g/mol. The first kappa shape index (κ1) is 80.1. The maximum absolute atomic E-state index is 6.58. The standard InChI is InChI=1S/C48H32N2.C42H26N2O.C42H26N2S/c1-3-13-33(14-4-1)37-29-38(34-15-5-2-6-16-34)31-40(30-37)50-47-22-12-9-19-43(47)44-32-36(25-28-48(44)50)35-23-26-39(27-24-35)49-45-20-10-7-17-41(45)42-18-8-11-21-46(42)49;1-3-11-29(12-4-1)43-37-17-9-7-15-31(37)35-25-27(19-23-38(35)43)28-20-24-39-36(26-28)33-21-22-34-32-16-8-10-18-40(32)45-42(34)41(33)44(39)30-13-5-2-6-14-30;1-3-11-29(12-4-1)43-37-17-9-7-15-31(37)33-23-27(19-21-38(33)43)28-20-22-39-34(24-28)35-25-36-32-16-8-10-18-41(32)45-42(36)26-40(35)44(39)30-13-5-2-6-14-30/h1-32H;2*1-26H. The van der Waals surface area contributed by atoms with Crippen molar-refractivity contribution >= 4 is 184 Å². The van der Waals surface area contributed by atoms with Crippen molar-refractivity contribution in [2.75, 3.05) is 0 Å². The molecule has 22 aromatic carbocycles. The first-order chi connectivity index (χ1) is 69.4. The zero-order chi connectivity index (χ0) is 92.0. The van der Waals surface area contributed by atoms with Gasteiger partial charge in [-0.05, 0) is 256 Å². The van der Waals surface area contributed by atoms with Crippen LogP contribution in [0.4, 0.5) is 0 Å². The zero-order valence-corrected chi connectivity index (χ0v) is 76.8. The molecule has 8 aromatic heterocycles. The third-order valence-electron chi connectivity index (χ3n) is 28.7. The number of hydrogen-bond acceptors (Lipinski definition) is 2. The smallest absolute Gasteiger partial charge is 0.160 e. The number of nitrogens with zero attached hydrogens (tertiary/aromatic N) is 6. The van der Waals surface area contributed by atoms with Crippen LogP contribution in [0, 0.1) is 0 Å². The van der Waals surface area contributed by atoms with Gasteiger partial charge in [-0.15, -0.1) is 11.3 Å². The van der Waals surface area contributed by atoms with Crippen LogP contribution < -0.4 is 0 Å². The van der Waals surface area contributed by atoms with Crippen molar-refractivity contribution in [3.05, 3.63) is 510 Å². The van der Waals surface area contributed by atoms with Gasteiger partial charge in [0.1, 0.15) is 5.58 Å². The summed E-state index contributed by atoms with van der Waals surface area (Å²) in [5.74, 6) is 0. The summed E-state index contributed by atoms with van der Waals surface area (Å²) >= 11 is 1.88. The van der Waals surface area contributed by atoms with Crippen LogP contribution in [0.5, 0.6) is 0 Å². The van der Waals surface area contributed by atoms with Crippen LogP contribution in [0.25, 0.3) is 263 Å². The number of fused-ring (bicyclic) bond motifs is 25. The highest BCUT2D eigenvalue weighted by atomic mass is 32.1. The molecule has 0 aliphatic rings. The molecule has 0 N–H and O–H groups in total. The molecule has 0 amide bonds. The summed E-state index contributed by atoms with van der Waals surface area (Å²) in [6, 6.07) is 185. The summed E-state index contributed by atoms with van der Waals surface area (Å²) < 4.78 is 23.6. The van der Waals surface area contributed by atoms with E-state index in [9.17, 15) is 0 Å². The van der Waals surface area contributed by atoms with Gasteiger partial charge in [0.25, 0.3) is 0 Å². The van der Waals surface area contributed by atoms with Crippen molar-refractivity contribution in [3.63, 3.8) is 0 Å². The predicted octanol–water partition coefficient (Wildman–Crippen LogP) is 36.2. The van der Waals surface area contributed by atoms with Gasteiger partial charge in [0.15, 0.2) is 5.58 Å². The number of aromatic nitrogens is 6. The van der Waals surface area contributed by atoms with Crippen LogP contribution in [0.1, 0.15) is 0 Å². The van der Waals surface area contributed by atoms with E-state index in [1.165, 1.54) is 213 Å². The minimum Gasteiger partial charge on any atom is -0.454 e. The van der Waals surface area contributed by atoms with Crippen LogP contribution in [0.3, 0.4) is 0 Å². The van der Waals surface area contributed by atoms with Crippen molar-refractivity contribution in [3.8, 4) is 89.8 Å². The van der Waals surface area contributed by atoms with Crippen molar-refractivity contribution in [1.82, 2.24) is 27.4 Å². The quantitative estimate of drug-likeness (QED) is 0.127. The van der Waals surface area contributed by atoms with E-state index < -0.39 is 0 Å². The molecule has 654 valence electrons. The van der Waals surface area contributed by atoms with Gasteiger partial charge in [-0.2, -0.15) is 0 Å². The summed E-state index contributed by atoms with van der Waals surface area (Å²) in [6.45, 7) is 0. The Bertz CT molecular complexity index is 10100. The molecule has 8 heterocycles. The highest BCUT2D eigenvalue weighted by Gasteiger charge is 2.25. The number of para-hydroxylation sites is 10. The number of hydrogen-bond donors (Lipinski definition) is 0. The van der Waals surface area contributed by atoms with E-state index in [-0.39, 0.29) is 0 Å². The first-order valence-electron chi connectivity index (χ1n) is 47.9. The number of benzene rings is 22. The molecule has 0 fully saturated rings. The molecule has 140 heavy (non-hydrogen) atoms. The lowest BCUT2D eigenvalue weighted by Crippen LogP contribution is -1.96. The Morgan fingerprint density at radius 3 is 0.857 bits per heavy atom. The SMILES string of the molecule is c1ccc(-c2cc(-c3ccccc3)cc(-n3c4ccccc4c4cc(-c5ccc(-n6c7ccccc7c7ccccc76)cc5)ccc43)c2)cc1.c1ccc(-n2c3ccccc3c3cc(-c4ccc5c(c4)c4cc6c(cc4n5-c4ccccc4)sc4ccccc46)ccc32)cc1.c1ccc(-n2c3ccccc3c3cc(-c4ccc5c(c4)c4ccc6c7ccccc7oc6c4n5-c4ccccc4)ccc32)cc1. The van der Waals surface area contributed by atoms with E-state index in [2.05, 4.69) is 531 Å². The van der Waals surface area contributed by atoms with Gasteiger partial charge in [0.05, 0.1) is 66.2 Å². The molecule has 0 spiro atoms. The average molecular weight is 1800 g/mol. The van der Waals surface area contributed by atoms with Gasteiger partial charge in [0, 0.05) is 130 Å². The maximum atomic E-state index is 6.58. The second kappa shape index (κ2) is 32.8. The lowest BCUT2D eigenvalue weighted by molar-refractivity contribution is 0.671. The summed E-state index contributed by atoms with van der Waals surface area (Å²) in [4.78, 5) is 0. The van der Waals surface area contributed by atoms with Crippen molar-refractivity contribution in [2.45, 2.75) is 0 Å². The molecule has 30 rings (SSSR count). The molecular formula is C132H84N6OS. The van der Waals surface area contributed by atoms with E-state index in [1.807, 2.05) is 17.4 Å². The first-order valence-corrected chi connectivity index (χ1v) is 48.7. The molecule has 7 nitrogen and oxygen atoms in total. The second-order valence-electron chi connectivity index (χ2n) is 36.5. The molecule has 0 atom stereocenters. The topological polar surface area (TPSA) is 42.7 Å². The maximum Gasteiger partial charge on any atom is 0.160 e. The second-order valence-corrected chi connectivity index (χ2v) is 37.6. The molecule has 0 bridgehead atoms. The molecule has 0 radical (unpaired) electrons. The molecule has 0 aliphatic carbocycles. The fourth-order valence-corrected chi connectivity index (χ4v) is 23.5. The van der Waals surface area contributed by atoms with E-state index in [1.54, 1.807) is 0 Å². The largest absolute Gasteiger partial charge is 0.454 e. The van der Waals surface area contributed by atoms with Crippen molar-refractivity contribution < 1.29 is 4.42 Å². The third kappa shape index (κ3) is 13.1. The third-order valence-corrected chi connectivity index (χ3v) is 29.8. The summed E-state index contributed by atoms with van der Waals surface area (Å²) in [5, 5.41) is 20.0. The number of rotatable bonds is 11. The minimum atomic E-state index is 0.911. The molecule has 0 saturated carbocycles. The van der Waals surface area contributed by atoms with Crippen LogP contribution in [-0.4, -0.2) is 27.4 Å². The Hall–Kier alpha value is -18.3. The van der Waals surface area contributed by atoms with Crippen LogP contribution in [0.15, 0.2) is 514 Å². The monoisotopic (exact) mass is 1800 g/mol. The predicted molar refractivity (Wildman–Crippen MR) is 593 cm³/mol. The highest BCUT2D eigenvalue weighted by Crippen LogP contribution is 2.48. The molecule has 30 aromatic rings. The molecule has 0 unspecified atom stereocenters. The Kier molecular flexibility index (Phi) is 18.8. The van der Waals surface area contributed by atoms with Gasteiger partial charge < -0.3 is 31.8 Å². The Labute approximate surface area is 809 Å². The lowest BCUT2D eigenvalue weighted by atomic mass is 9.98. The van der Waals surface area contributed by atoms with Crippen LogP contribution in [-0.2, 0) is 0 Å². The normalized spacial score (nSPS) is 11.9. The molecule has 0 aliphatic heterocycles. The number of thiophene rings is 1. The molecule has 0 saturated heterocycles. The lowest BCUT2D eigenvalue weighted by Gasteiger charge is -2.14. The summed E-state index contributed by atoms with van der Waals surface area (Å²) in [5.41, 5.74) is 35.3. The van der Waals surface area contributed by atoms with Gasteiger partial charge in [-0.25, -0.2) is 0 Å². The summed E-state index contributed by atoms with van der Waals surface area (Å²) in [6.07, 6.45) is 0. The number of furan rings is 1. The minimum absolute atomic E-state index is 0.911. The average Bonchev–Trinajstić information content (AvgIpc) is 1.56.